The van der Waals surface area contributed by atoms with Crippen LogP contribution >= 0.6 is 11.6 Å². The Balaban J connectivity index is 1.57. The number of amides is 1. The third kappa shape index (κ3) is 4.92. The molecule has 2 aliphatic heterocycles. The third-order valence-electron chi connectivity index (χ3n) is 5.78. The van der Waals surface area contributed by atoms with Crippen LogP contribution in [-0.4, -0.2) is 83.1 Å². The van der Waals surface area contributed by atoms with E-state index in [1.807, 2.05) is 24.3 Å². The second-order valence-corrected chi connectivity index (χ2v) is 10.2. The summed E-state index contributed by atoms with van der Waals surface area (Å²) in [6, 6.07) is 12.0. The molecule has 4 rings (SSSR count). The largest absolute Gasteiger partial charge is 0.379 e. The number of piperazine rings is 1. The first kappa shape index (κ1) is 23.0. The van der Waals surface area contributed by atoms with Crippen LogP contribution in [0.15, 0.2) is 47.4 Å². The number of hydrogen-bond donors (Lipinski definition) is 1. The number of carbonyl (C=O) groups excluding carboxylic acids is 1. The molecule has 2 aromatic rings. The second-order valence-electron chi connectivity index (χ2n) is 7.92. The molecule has 0 radical (unpaired) electrons. The summed E-state index contributed by atoms with van der Waals surface area (Å²) in [6.45, 7) is 4.81. The Morgan fingerprint density at radius 1 is 1.00 bits per heavy atom. The molecule has 0 aliphatic carbocycles. The number of nitrogens with one attached hydrogen (secondary N) is 1. The van der Waals surface area contributed by atoms with Gasteiger partial charge < -0.3 is 19.9 Å². The standard InChI is InChI=1S/C22H27ClN4O4S/c1-25-8-10-26(11-9-25)20-5-3-2-4-19(20)24-22(28)17-6-7-18(23)21(16-17)32(29,30)27-12-14-31-15-13-27/h2-7,16H,8-15H2,1H3,(H,24,28). The van der Waals surface area contributed by atoms with E-state index in [2.05, 4.69) is 22.2 Å². The van der Waals surface area contributed by atoms with Crippen LogP contribution in [-0.2, 0) is 14.8 Å². The van der Waals surface area contributed by atoms with E-state index in [9.17, 15) is 13.2 Å². The molecular weight excluding hydrogens is 452 g/mol. The van der Waals surface area contributed by atoms with Crippen molar-refractivity contribution in [3.63, 3.8) is 0 Å². The number of anilines is 2. The lowest BCUT2D eigenvalue weighted by atomic mass is 10.1. The van der Waals surface area contributed by atoms with Crippen molar-refractivity contribution >= 4 is 38.9 Å². The molecule has 0 saturated carbocycles. The van der Waals surface area contributed by atoms with Crippen LogP contribution in [0.3, 0.4) is 0 Å². The lowest BCUT2D eigenvalue weighted by Gasteiger charge is -2.35. The lowest BCUT2D eigenvalue weighted by Crippen LogP contribution is -2.44. The minimum absolute atomic E-state index is 0.0685. The van der Waals surface area contributed by atoms with Gasteiger partial charge in [-0.1, -0.05) is 23.7 Å². The average Bonchev–Trinajstić information content (AvgIpc) is 2.81. The van der Waals surface area contributed by atoms with Gasteiger partial charge in [-0.2, -0.15) is 4.31 Å². The Bertz CT molecular complexity index is 1080. The molecule has 172 valence electrons. The number of para-hydroxylation sites is 2. The van der Waals surface area contributed by atoms with Gasteiger partial charge in [-0.15, -0.1) is 0 Å². The quantitative estimate of drug-likeness (QED) is 0.710. The second kappa shape index (κ2) is 9.76. The van der Waals surface area contributed by atoms with Crippen LogP contribution in [0.4, 0.5) is 11.4 Å². The molecule has 2 aliphatic rings. The maximum Gasteiger partial charge on any atom is 0.255 e. The number of hydrogen-bond acceptors (Lipinski definition) is 6. The highest BCUT2D eigenvalue weighted by Crippen LogP contribution is 2.29. The SMILES string of the molecule is CN1CCN(c2ccccc2NC(=O)c2ccc(Cl)c(S(=O)(=O)N3CCOCC3)c2)CC1. The number of nitrogens with zero attached hydrogens (tertiary/aromatic N) is 3. The number of halogens is 1. The van der Waals surface area contributed by atoms with Gasteiger partial charge in [0.2, 0.25) is 10.0 Å². The topological polar surface area (TPSA) is 82.2 Å². The Morgan fingerprint density at radius 2 is 1.69 bits per heavy atom. The molecule has 0 spiro atoms. The average molecular weight is 479 g/mol. The fraction of sp³-hybridized carbons (Fsp3) is 0.409. The van der Waals surface area contributed by atoms with E-state index < -0.39 is 10.0 Å². The Labute approximate surface area is 193 Å². The smallest absolute Gasteiger partial charge is 0.255 e. The molecule has 1 N–H and O–H groups in total. The fourth-order valence-electron chi connectivity index (χ4n) is 3.87. The van der Waals surface area contributed by atoms with Crippen molar-refractivity contribution in [3.05, 3.63) is 53.1 Å². The van der Waals surface area contributed by atoms with E-state index in [0.29, 0.717) is 18.9 Å². The molecule has 2 fully saturated rings. The first-order valence-electron chi connectivity index (χ1n) is 10.6. The number of rotatable bonds is 5. The summed E-state index contributed by atoms with van der Waals surface area (Å²) in [6.07, 6.45) is 0. The summed E-state index contributed by atoms with van der Waals surface area (Å²) in [4.78, 5) is 17.5. The van der Waals surface area contributed by atoms with Crippen LogP contribution in [0.2, 0.25) is 5.02 Å². The molecule has 32 heavy (non-hydrogen) atoms. The van der Waals surface area contributed by atoms with Crippen molar-refractivity contribution in [1.82, 2.24) is 9.21 Å². The van der Waals surface area contributed by atoms with E-state index in [4.69, 9.17) is 16.3 Å². The maximum atomic E-state index is 13.1. The Kier molecular flexibility index (Phi) is 7.02. The lowest BCUT2D eigenvalue weighted by molar-refractivity contribution is 0.0730. The summed E-state index contributed by atoms with van der Waals surface area (Å²) in [7, 11) is -1.73. The fourth-order valence-corrected chi connectivity index (χ4v) is 5.77. The van der Waals surface area contributed by atoms with E-state index in [0.717, 1.165) is 31.9 Å². The summed E-state index contributed by atoms with van der Waals surface area (Å²) < 4.78 is 32.7. The highest BCUT2D eigenvalue weighted by Gasteiger charge is 2.29. The number of likely N-dealkylation sites (N-methyl/N-ethyl adjacent to an activating group) is 1. The zero-order valence-corrected chi connectivity index (χ0v) is 19.5. The molecule has 0 bridgehead atoms. The van der Waals surface area contributed by atoms with Crippen LogP contribution in [0, 0.1) is 0 Å². The number of ether oxygens (including phenoxy) is 1. The van der Waals surface area contributed by atoms with Gasteiger partial charge in [0.15, 0.2) is 0 Å². The Morgan fingerprint density at radius 3 is 2.41 bits per heavy atom. The van der Waals surface area contributed by atoms with Gasteiger partial charge in [0.25, 0.3) is 5.91 Å². The first-order valence-corrected chi connectivity index (χ1v) is 12.4. The molecule has 0 unspecified atom stereocenters. The van der Waals surface area contributed by atoms with E-state index in [-0.39, 0.29) is 34.5 Å². The molecule has 8 nitrogen and oxygen atoms in total. The predicted octanol–water partition coefficient (Wildman–Crippen LogP) is 2.37. The molecule has 2 heterocycles. The van der Waals surface area contributed by atoms with Gasteiger partial charge in [0.1, 0.15) is 4.90 Å². The highest BCUT2D eigenvalue weighted by atomic mass is 35.5. The minimum atomic E-state index is -3.82. The van der Waals surface area contributed by atoms with Gasteiger partial charge in [-0.05, 0) is 37.4 Å². The van der Waals surface area contributed by atoms with Crippen LogP contribution < -0.4 is 10.2 Å². The molecule has 2 aromatic carbocycles. The summed E-state index contributed by atoms with van der Waals surface area (Å²) in [5.74, 6) is -0.387. The normalized spacial score (nSPS) is 18.5. The van der Waals surface area contributed by atoms with E-state index >= 15 is 0 Å². The van der Waals surface area contributed by atoms with Crippen molar-refractivity contribution in [2.24, 2.45) is 0 Å². The van der Waals surface area contributed by atoms with Gasteiger partial charge in [-0.3, -0.25) is 4.79 Å². The summed E-state index contributed by atoms with van der Waals surface area (Å²) in [5.41, 5.74) is 1.87. The van der Waals surface area contributed by atoms with Crippen molar-refractivity contribution in [2.75, 3.05) is 69.7 Å². The minimum Gasteiger partial charge on any atom is -0.379 e. The van der Waals surface area contributed by atoms with E-state index in [1.165, 1.54) is 22.5 Å². The number of morpholine rings is 1. The van der Waals surface area contributed by atoms with Crippen molar-refractivity contribution < 1.29 is 17.9 Å². The zero-order valence-electron chi connectivity index (χ0n) is 18.0. The predicted molar refractivity (Wildman–Crippen MR) is 125 cm³/mol. The molecule has 2 saturated heterocycles. The first-order chi connectivity index (χ1) is 15.4. The van der Waals surface area contributed by atoms with E-state index in [1.54, 1.807) is 0 Å². The summed E-state index contributed by atoms with van der Waals surface area (Å²) in [5, 5.41) is 3.04. The van der Waals surface area contributed by atoms with Gasteiger partial charge >= 0.3 is 0 Å². The van der Waals surface area contributed by atoms with Crippen LogP contribution in [0.5, 0.6) is 0 Å². The monoisotopic (exact) mass is 478 g/mol. The molecule has 10 heteroatoms. The third-order valence-corrected chi connectivity index (χ3v) is 8.16. The van der Waals surface area contributed by atoms with Crippen LogP contribution in [0.25, 0.3) is 0 Å². The van der Waals surface area contributed by atoms with Gasteiger partial charge in [0.05, 0.1) is 29.6 Å². The van der Waals surface area contributed by atoms with Crippen molar-refractivity contribution in [2.45, 2.75) is 4.90 Å². The van der Waals surface area contributed by atoms with Crippen molar-refractivity contribution in [1.29, 1.82) is 0 Å². The van der Waals surface area contributed by atoms with Gasteiger partial charge in [0, 0.05) is 44.8 Å². The molecule has 0 atom stereocenters. The Hall–Kier alpha value is -2.17. The molecule has 1 amide bonds. The maximum absolute atomic E-state index is 13.1. The number of sulfonamides is 1. The highest BCUT2D eigenvalue weighted by molar-refractivity contribution is 7.89. The summed E-state index contributed by atoms with van der Waals surface area (Å²) >= 11 is 6.22. The zero-order chi connectivity index (χ0) is 22.7. The van der Waals surface area contributed by atoms with Crippen molar-refractivity contribution in [3.8, 4) is 0 Å². The number of benzene rings is 2. The van der Waals surface area contributed by atoms with Crippen LogP contribution in [0.1, 0.15) is 10.4 Å². The molecule has 0 aromatic heterocycles. The van der Waals surface area contributed by atoms with Gasteiger partial charge in [-0.25, -0.2) is 8.42 Å². The molecular formula is C22H27ClN4O4S. The number of carbonyl (C=O) groups is 1.